The molecule has 2 heteroatoms. The van der Waals surface area contributed by atoms with Gasteiger partial charge in [-0.2, -0.15) is 5.26 Å². The number of allylic oxidation sites excluding steroid dienone is 6. The lowest BCUT2D eigenvalue weighted by molar-refractivity contribution is -0.110. The lowest BCUT2D eigenvalue weighted by Crippen LogP contribution is -1.90. The minimum atomic E-state index is -0.0323. The molecule has 0 atom stereocenters. The zero-order valence-corrected chi connectivity index (χ0v) is 5.24. The van der Waals surface area contributed by atoms with Gasteiger partial charge >= 0.3 is 0 Å². The molecular formula is C8H5NO. The summed E-state index contributed by atoms with van der Waals surface area (Å²) >= 11 is 0. The summed E-state index contributed by atoms with van der Waals surface area (Å²) in [7, 11) is 0. The van der Waals surface area contributed by atoms with E-state index in [1.807, 2.05) is 6.07 Å². The zero-order chi connectivity index (χ0) is 7.40. The third kappa shape index (κ3) is 1.43. The number of nitriles is 1. The van der Waals surface area contributed by atoms with Gasteiger partial charge in [-0.25, -0.2) is 0 Å². The highest BCUT2D eigenvalue weighted by atomic mass is 16.1. The summed E-state index contributed by atoms with van der Waals surface area (Å²) in [6.07, 6.45) is 7.49. The van der Waals surface area contributed by atoms with Crippen LogP contribution in [-0.4, -0.2) is 5.78 Å². The monoisotopic (exact) mass is 131 g/mol. The van der Waals surface area contributed by atoms with Gasteiger partial charge in [0.2, 0.25) is 0 Å². The lowest BCUT2D eigenvalue weighted by atomic mass is 10.1. The van der Waals surface area contributed by atoms with Gasteiger partial charge < -0.3 is 0 Å². The van der Waals surface area contributed by atoms with E-state index in [1.54, 1.807) is 12.2 Å². The Morgan fingerprint density at radius 3 is 2.40 bits per heavy atom. The maximum absolute atomic E-state index is 10.5. The van der Waals surface area contributed by atoms with E-state index < -0.39 is 0 Å². The highest BCUT2D eigenvalue weighted by Crippen LogP contribution is 2.04. The molecule has 1 aliphatic rings. The van der Waals surface area contributed by atoms with Crippen LogP contribution in [0.15, 0.2) is 36.0 Å². The van der Waals surface area contributed by atoms with E-state index in [9.17, 15) is 4.79 Å². The molecule has 0 saturated heterocycles. The molecule has 0 fully saturated rings. The minimum absolute atomic E-state index is 0.0323. The van der Waals surface area contributed by atoms with Gasteiger partial charge in [-0.15, -0.1) is 0 Å². The number of hydrogen-bond donors (Lipinski definition) is 0. The van der Waals surface area contributed by atoms with Crippen molar-refractivity contribution in [1.29, 1.82) is 5.26 Å². The maximum atomic E-state index is 10.5. The normalized spacial score (nSPS) is 15.1. The summed E-state index contributed by atoms with van der Waals surface area (Å²) in [6.45, 7) is 0. The number of nitrogens with zero attached hydrogens (tertiary/aromatic N) is 1. The van der Waals surface area contributed by atoms with Gasteiger partial charge in [0.25, 0.3) is 0 Å². The van der Waals surface area contributed by atoms with Gasteiger partial charge in [0.1, 0.15) is 0 Å². The Balaban J connectivity index is 2.83. The summed E-state index contributed by atoms with van der Waals surface area (Å²) in [5.74, 6) is -0.0323. The van der Waals surface area contributed by atoms with Crippen LogP contribution in [0.5, 0.6) is 0 Å². The molecule has 0 radical (unpaired) electrons. The van der Waals surface area contributed by atoms with E-state index in [1.165, 1.54) is 18.2 Å². The molecule has 0 heterocycles. The van der Waals surface area contributed by atoms with E-state index in [0.29, 0.717) is 0 Å². The van der Waals surface area contributed by atoms with E-state index in [2.05, 4.69) is 0 Å². The number of ketones is 1. The molecule has 0 unspecified atom stereocenters. The fourth-order valence-corrected chi connectivity index (χ4v) is 0.639. The van der Waals surface area contributed by atoms with Crippen molar-refractivity contribution in [3.05, 3.63) is 36.0 Å². The van der Waals surface area contributed by atoms with Crippen LogP contribution in [0.2, 0.25) is 0 Å². The standard InChI is InChI=1S/C8H5NO/c9-6-5-7-1-3-8(10)4-2-7/h1-5H. The highest BCUT2D eigenvalue weighted by Gasteiger charge is 1.95. The van der Waals surface area contributed by atoms with Crippen LogP contribution in [0.25, 0.3) is 0 Å². The predicted molar refractivity (Wildman–Crippen MR) is 37.0 cm³/mol. The smallest absolute Gasteiger partial charge is 0.178 e. The van der Waals surface area contributed by atoms with Gasteiger partial charge in [0, 0.05) is 6.08 Å². The number of carbonyl (C=O) groups excluding carboxylic acids is 1. The van der Waals surface area contributed by atoms with Crippen LogP contribution < -0.4 is 0 Å². The van der Waals surface area contributed by atoms with Gasteiger partial charge in [-0.3, -0.25) is 4.79 Å². The summed E-state index contributed by atoms with van der Waals surface area (Å²) in [5.41, 5.74) is 0.766. The molecule has 0 aromatic carbocycles. The molecule has 10 heavy (non-hydrogen) atoms. The first-order chi connectivity index (χ1) is 4.83. The number of hydrogen-bond acceptors (Lipinski definition) is 2. The zero-order valence-electron chi connectivity index (χ0n) is 5.24. The third-order valence-corrected chi connectivity index (χ3v) is 1.11. The average molecular weight is 131 g/mol. The molecule has 48 valence electrons. The van der Waals surface area contributed by atoms with Crippen LogP contribution in [-0.2, 0) is 4.79 Å². The first kappa shape index (κ1) is 6.50. The SMILES string of the molecule is N#CC=C1C=CC(=O)C=C1. The van der Waals surface area contributed by atoms with Crippen molar-refractivity contribution in [1.82, 2.24) is 0 Å². The summed E-state index contributed by atoms with van der Waals surface area (Å²) < 4.78 is 0. The van der Waals surface area contributed by atoms with Crippen molar-refractivity contribution < 1.29 is 4.79 Å². The average Bonchev–Trinajstić information content (AvgIpc) is 1.95. The van der Waals surface area contributed by atoms with Crippen LogP contribution in [0.1, 0.15) is 0 Å². The largest absolute Gasteiger partial charge is 0.290 e. The Kier molecular flexibility index (Phi) is 1.81. The second kappa shape index (κ2) is 2.79. The second-order valence-corrected chi connectivity index (χ2v) is 1.84. The number of rotatable bonds is 0. The molecule has 2 nitrogen and oxygen atoms in total. The lowest BCUT2D eigenvalue weighted by Gasteiger charge is -1.94. The van der Waals surface area contributed by atoms with Crippen LogP contribution in [0.3, 0.4) is 0 Å². The highest BCUT2D eigenvalue weighted by molar-refractivity contribution is 6.01. The Morgan fingerprint density at radius 1 is 1.30 bits per heavy atom. The number of carbonyl (C=O) groups is 1. The van der Waals surface area contributed by atoms with E-state index >= 15 is 0 Å². The van der Waals surface area contributed by atoms with Crippen molar-refractivity contribution in [2.45, 2.75) is 0 Å². The Labute approximate surface area is 58.8 Å². The Bertz CT molecular complexity index is 258. The Hall–Kier alpha value is -1.62. The third-order valence-electron chi connectivity index (χ3n) is 1.11. The van der Waals surface area contributed by atoms with Crippen LogP contribution in [0, 0.1) is 11.3 Å². The molecule has 0 spiro atoms. The fraction of sp³-hybridized carbons (Fsp3) is 0. The maximum Gasteiger partial charge on any atom is 0.178 e. The Morgan fingerprint density at radius 2 is 1.90 bits per heavy atom. The minimum Gasteiger partial charge on any atom is -0.290 e. The molecule has 0 aromatic heterocycles. The van der Waals surface area contributed by atoms with Crippen LogP contribution >= 0.6 is 0 Å². The molecule has 0 aliphatic heterocycles. The second-order valence-electron chi connectivity index (χ2n) is 1.84. The molecule has 1 aliphatic carbocycles. The summed E-state index contributed by atoms with van der Waals surface area (Å²) in [5, 5.41) is 8.21. The summed E-state index contributed by atoms with van der Waals surface area (Å²) in [6, 6.07) is 1.88. The molecule has 0 bridgehead atoms. The first-order valence-corrected chi connectivity index (χ1v) is 2.83. The van der Waals surface area contributed by atoms with Crippen molar-refractivity contribution in [3.8, 4) is 6.07 Å². The van der Waals surface area contributed by atoms with E-state index in [4.69, 9.17) is 5.26 Å². The molecule has 0 amide bonds. The van der Waals surface area contributed by atoms with Gasteiger partial charge in [-0.05, 0) is 17.7 Å². The predicted octanol–water partition coefficient (Wildman–Crippen LogP) is 1.13. The summed E-state index contributed by atoms with van der Waals surface area (Å²) in [4.78, 5) is 10.5. The topological polar surface area (TPSA) is 40.9 Å². The quantitative estimate of drug-likeness (QED) is 0.462. The molecule has 0 aromatic rings. The van der Waals surface area contributed by atoms with E-state index in [-0.39, 0.29) is 5.78 Å². The molecule has 1 rings (SSSR count). The molecule has 0 N–H and O–H groups in total. The van der Waals surface area contributed by atoms with Crippen molar-refractivity contribution in [2.24, 2.45) is 0 Å². The van der Waals surface area contributed by atoms with Crippen molar-refractivity contribution in [3.63, 3.8) is 0 Å². The first-order valence-electron chi connectivity index (χ1n) is 2.83. The van der Waals surface area contributed by atoms with Crippen molar-refractivity contribution >= 4 is 5.78 Å². The van der Waals surface area contributed by atoms with Crippen molar-refractivity contribution in [2.75, 3.05) is 0 Å². The van der Waals surface area contributed by atoms with Gasteiger partial charge in [0.15, 0.2) is 5.78 Å². The molecule has 0 saturated carbocycles. The van der Waals surface area contributed by atoms with E-state index in [0.717, 1.165) is 5.57 Å². The van der Waals surface area contributed by atoms with Crippen LogP contribution in [0.4, 0.5) is 0 Å². The van der Waals surface area contributed by atoms with Gasteiger partial charge in [-0.1, -0.05) is 12.2 Å². The van der Waals surface area contributed by atoms with Gasteiger partial charge in [0.05, 0.1) is 6.07 Å². The fourth-order valence-electron chi connectivity index (χ4n) is 0.639. The molecular weight excluding hydrogens is 126 g/mol.